The maximum Gasteiger partial charge on any atom is 0.338 e. The standard InChI is InChI=1S/C46H54Cl3NO14Si/c1-9-24-56-42-31(50-44(54)46(47,48)49)33(32-30(58-42)25-57-41(61-32)29-22-20-26(2)21-23-29)62-43-37(60-39(52)28-18-14-11-15-19-28)34(59-38(51)27-16-12-10-13-17-27)35(36(63-43)40(53)55-6)64-65(7,8)45(3,4)5/h9-23,30-37,41-43H,1,24-25H2,2-8H3,(H,50,54)/t30-,31-,32+,33-,34+,35+,36+,37-,41?,42-,43-/m1/s1. The molecule has 0 aliphatic carbocycles. The highest BCUT2D eigenvalue weighted by atomic mass is 35.6. The Labute approximate surface area is 394 Å². The van der Waals surface area contributed by atoms with Crippen molar-refractivity contribution in [3.05, 3.63) is 120 Å². The van der Waals surface area contributed by atoms with E-state index in [1.54, 1.807) is 48.5 Å². The number of alkyl halides is 3. The first kappa shape index (κ1) is 50.5. The van der Waals surface area contributed by atoms with Crippen LogP contribution in [0.3, 0.4) is 0 Å². The summed E-state index contributed by atoms with van der Waals surface area (Å²) in [6.45, 7) is 15.3. The van der Waals surface area contributed by atoms with Gasteiger partial charge in [-0.15, -0.1) is 6.58 Å². The van der Waals surface area contributed by atoms with Gasteiger partial charge in [0.15, 0.2) is 45.5 Å². The second kappa shape index (κ2) is 21.4. The predicted octanol–water partition coefficient (Wildman–Crippen LogP) is 7.32. The molecule has 6 rings (SSSR count). The molecule has 0 saturated carbocycles. The average Bonchev–Trinajstić information content (AvgIpc) is 3.27. The van der Waals surface area contributed by atoms with Crippen LogP contribution in [0, 0.1) is 6.92 Å². The lowest BCUT2D eigenvalue weighted by molar-refractivity contribution is -0.374. The molecule has 11 atom stereocenters. The van der Waals surface area contributed by atoms with Crippen LogP contribution in [0.25, 0.3) is 0 Å². The zero-order valence-corrected chi connectivity index (χ0v) is 40.2. The van der Waals surface area contributed by atoms with E-state index in [1.165, 1.54) is 18.2 Å². The van der Waals surface area contributed by atoms with E-state index in [2.05, 4.69) is 11.9 Å². The fourth-order valence-corrected chi connectivity index (χ4v) is 8.59. The first-order valence-corrected chi connectivity index (χ1v) is 24.9. The Morgan fingerprint density at radius 1 is 0.800 bits per heavy atom. The van der Waals surface area contributed by atoms with Crippen LogP contribution in [0.2, 0.25) is 18.1 Å². The predicted molar refractivity (Wildman–Crippen MR) is 241 cm³/mol. The van der Waals surface area contributed by atoms with Crippen molar-refractivity contribution in [1.82, 2.24) is 5.32 Å². The Balaban J connectivity index is 1.52. The highest BCUT2D eigenvalue weighted by Crippen LogP contribution is 2.43. The number of hydrogen-bond acceptors (Lipinski definition) is 14. The Kier molecular flexibility index (Phi) is 16.6. The Morgan fingerprint density at radius 2 is 1.38 bits per heavy atom. The molecule has 352 valence electrons. The summed E-state index contributed by atoms with van der Waals surface area (Å²) in [7, 11) is -1.76. The number of carbonyl (C=O) groups excluding carboxylic acids is 4. The molecule has 3 fully saturated rings. The third kappa shape index (κ3) is 12.2. The minimum Gasteiger partial charge on any atom is -0.467 e. The van der Waals surface area contributed by atoms with E-state index in [1.807, 2.05) is 65.1 Å². The molecule has 3 aliphatic heterocycles. The van der Waals surface area contributed by atoms with Gasteiger partial charge in [-0.25, -0.2) is 14.4 Å². The normalized spacial score (nSPS) is 28.2. The van der Waals surface area contributed by atoms with Crippen molar-refractivity contribution < 1.29 is 66.2 Å². The summed E-state index contributed by atoms with van der Waals surface area (Å²) in [6.07, 6.45) is -12.6. The van der Waals surface area contributed by atoms with Crippen LogP contribution in [-0.4, -0.2) is 118 Å². The minimum atomic E-state index is -2.92. The van der Waals surface area contributed by atoms with Crippen LogP contribution in [0.15, 0.2) is 97.6 Å². The molecule has 19 heteroatoms. The van der Waals surface area contributed by atoms with E-state index in [4.69, 9.17) is 81.9 Å². The number of aryl methyl sites for hydroxylation is 1. The number of amides is 1. The first-order valence-electron chi connectivity index (χ1n) is 20.9. The van der Waals surface area contributed by atoms with Crippen LogP contribution >= 0.6 is 34.8 Å². The summed E-state index contributed by atoms with van der Waals surface area (Å²) in [4.78, 5) is 56.0. The molecule has 15 nitrogen and oxygen atoms in total. The topological polar surface area (TPSA) is 173 Å². The third-order valence-corrected chi connectivity index (χ3v) is 16.6. The smallest absolute Gasteiger partial charge is 0.338 e. The molecular weight excluding hydrogens is 925 g/mol. The first-order chi connectivity index (χ1) is 30.7. The number of carbonyl (C=O) groups is 4. The van der Waals surface area contributed by atoms with Gasteiger partial charge in [-0.2, -0.15) is 0 Å². The summed E-state index contributed by atoms with van der Waals surface area (Å²) in [5.41, 5.74) is 1.91. The van der Waals surface area contributed by atoms with Crippen molar-refractivity contribution in [2.24, 2.45) is 0 Å². The van der Waals surface area contributed by atoms with Gasteiger partial charge in [0, 0.05) is 5.56 Å². The highest BCUT2D eigenvalue weighted by molar-refractivity contribution is 6.76. The number of nitrogens with one attached hydrogen (secondary N) is 1. The molecule has 1 N–H and O–H groups in total. The zero-order valence-electron chi connectivity index (χ0n) is 37.0. The fourth-order valence-electron chi connectivity index (χ4n) is 7.14. The average molecular weight is 979 g/mol. The monoisotopic (exact) mass is 977 g/mol. The number of rotatable bonds is 14. The van der Waals surface area contributed by atoms with Crippen LogP contribution in [-0.2, 0) is 56.6 Å². The van der Waals surface area contributed by atoms with Crippen LogP contribution in [0.1, 0.15) is 58.9 Å². The Morgan fingerprint density at radius 3 is 1.92 bits per heavy atom. The van der Waals surface area contributed by atoms with E-state index < -0.39 is 109 Å². The van der Waals surface area contributed by atoms with Crippen LogP contribution in [0.4, 0.5) is 0 Å². The molecule has 0 spiro atoms. The van der Waals surface area contributed by atoms with Crippen molar-refractivity contribution in [2.75, 3.05) is 20.3 Å². The molecule has 3 saturated heterocycles. The molecule has 3 heterocycles. The maximum atomic E-state index is 14.2. The lowest BCUT2D eigenvalue weighted by atomic mass is 9.94. The molecule has 1 amide bonds. The number of halogens is 3. The third-order valence-electron chi connectivity index (χ3n) is 11.6. The van der Waals surface area contributed by atoms with Gasteiger partial charge in [0.05, 0.1) is 31.5 Å². The van der Waals surface area contributed by atoms with Crippen molar-refractivity contribution in [3.63, 3.8) is 0 Å². The number of benzene rings is 3. The molecule has 65 heavy (non-hydrogen) atoms. The van der Waals surface area contributed by atoms with Gasteiger partial charge in [0.25, 0.3) is 9.70 Å². The lowest BCUT2D eigenvalue weighted by Crippen LogP contribution is -2.71. The van der Waals surface area contributed by atoms with Crippen LogP contribution < -0.4 is 5.32 Å². The molecular formula is C46H54Cl3NO14Si. The molecule has 0 aromatic heterocycles. The van der Waals surface area contributed by atoms with Crippen molar-refractivity contribution in [3.8, 4) is 0 Å². The number of methoxy groups -OCH3 is 1. The summed E-state index contributed by atoms with van der Waals surface area (Å²) in [5.74, 6) is -3.71. The Bertz CT molecular complexity index is 2120. The maximum absolute atomic E-state index is 14.2. The zero-order chi connectivity index (χ0) is 47.3. The van der Waals surface area contributed by atoms with Gasteiger partial charge in [-0.3, -0.25) is 4.79 Å². The van der Waals surface area contributed by atoms with Gasteiger partial charge in [0.2, 0.25) is 0 Å². The summed E-state index contributed by atoms with van der Waals surface area (Å²) < 4.78 is 61.0. The van der Waals surface area contributed by atoms with Crippen molar-refractivity contribution >= 4 is 66.9 Å². The van der Waals surface area contributed by atoms with Crippen molar-refractivity contribution in [2.45, 2.75) is 117 Å². The molecule has 1 unspecified atom stereocenters. The number of fused-ring (bicyclic) bond motifs is 1. The van der Waals surface area contributed by atoms with Gasteiger partial charge < -0.3 is 52.4 Å². The largest absolute Gasteiger partial charge is 0.467 e. The van der Waals surface area contributed by atoms with E-state index in [9.17, 15) is 19.2 Å². The lowest BCUT2D eigenvalue weighted by Gasteiger charge is -2.52. The van der Waals surface area contributed by atoms with Gasteiger partial charge in [-0.1, -0.05) is 128 Å². The van der Waals surface area contributed by atoms with E-state index >= 15 is 0 Å². The summed E-state index contributed by atoms with van der Waals surface area (Å²) >= 11 is 18.3. The molecule has 3 aliphatic rings. The molecule has 3 aromatic rings. The number of esters is 3. The van der Waals surface area contributed by atoms with Gasteiger partial charge >= 0.3 is 17.9 Å². The number of hydrogen-bond donors (Lipinski definition) is 1. The highest BCUT2D eigenvalue weighted by Gasteiger charge is 2.60. The Hall–Kier alpha value is -3.91. The van der Waals surface area contributed by atoms with Gasteiger partial charge in [0.1, 0.15) is 30.5 Å². The van der Waals surface area contributed by atoms with Crippen LogP contribution in [0.5, 0.6) is 0 Å². The number of ether oxygens (including phenoxy) is 9. The summed E-state index contributed by atoms with van der Waals surface area (Å²) in [5, 5.41) is 2.22. The van der Waals surface area contributed by atoms with E-state index in [0.29, 0.717) is 5.56 Å². The van der Waals surface area contributed by atoms with E-state index in [0.717, 1.165) is 12.7 Å². The van der Waals surface area contributed by atoms with Crippen molar-refractivity contribution in [1.29, 1.82) is 0 Å². The van der Waals surface area contributed by atoms with Gasteiger partial charge in [-0.05, 0) is 49.3 Å². The fraction of sp³-hybridized carbons (Fsp3) is 0.478. The SMILES string of the molecule is C=CCO[C@@H]1O[C@@H]2COC(c3ccc(C)cc3)O[C@@H]2[C@H](O[C@@H]2O[C@H](C(=O)OC)[C@@H](O[Si](C)(C)C(C)(C)C)[C@H](OC(=O)c3ccccc3)[C@H]2OC(=O)c2ccccc2)[C@H]1NC(=O)C(Cl)(Cl)Cl. The van der Waals surface area contributed by atoms with E-state index in [-0.39, 0.29) is 24.3 Å². The second-order valence-corrected chi connectivity index (χ2v) is 24.2. The second-order valence-electron chi connectivity index (χ2n) is 17.2. The molecule has 0 radical (unpaired) electrons. The summed E-state index contributed by atoms with van der Waals surface area (Å²) in [6, 6.07) is 22.2. The molecule has 0 bridgehead atoms. The minimum absolute atomic E-state index is 0.0649. The quantitative estimate of drug-likeness (QED) is 0.0560. The molecule has 3 aromatic carbocycles.